The van der Waals surface area contributed by atoms with Crippen LogP contribution in [0.2, 0.25) is 0 Å². The second-order valence-corrected chi connectivity index (χ2v) is 4.25. The Morgan fingerprint density at radius 3 is 3.08 bits per heavy atom. The van der Waals surface area contributed by atoms with E-state index in [2.05, 4.69) is 22.3 Å². The molecule has 1 fully saturated rings. The van der Waals surface area contributed by atoms with Crippen molar-refractivity contribution in [2.24, 2.45) is 0 Å². The van der Waals surface area contributed by atoms with Crippen molar-refractivity contribution in [2.75, 3.05) is 25.9 Å². The molecule has 12 heavy (non-hydrogen) atoms. The Balaban J connectivity index is 2.11. The zero-order valence-electron chi connectivity index (χ0n) is 7.16. The van der Waals surface area contributed by atoms with E-state index in [1.807, 2.05) is 0 Å². The van der Waals surface area contributed by atoms with Gasteiger partial charge in [0.2, 0.25) is 0 Å². The molecule has 2 N–H and O–H groups in total. The summed E-state index contributed by atoms with van der Waals surface area (Å²) >= 11 is 1.54. The minimum Gasteiger partial charge on any atom is -0.375 e. The van der Waals surface area contributed by atoms with Crippen molar-refractivity contribution in [2.45, 2.75) is 12.3 Å². The van der Waals surface area contributed by atoms with Crippen LogP contribution in [0.4, 0.5) is 5.13 Å². The minimum atomic E-state index is 0.614. The summed E-state index contributed by atoms with van der Waals surface area (Å²) in [7, 11) is 2.15. The third-order valence-corrected chi connectivity index (χ3v) is 3.04. The first kappa shape index (κ1) is 8.01. The molecule has 0 aromatic carbocycles. The number of aromatic nitrogens is 1. The van der Waals surface area contributed by atoms with Gasteiger partial charge in [0.15, 0.2) is 5.13 Å². The topological polar surface area (TPSA) is 42.1 Å². The van der Waals surface area contributed by atoms with Gasteiger partial charge in [0.25, 0.3) is 0 Å². The Labute approximate surface area is 76.2 Å². The summed E-state index contributed by atoms with van der Waals surface area (Å²) in [6.07, 6.45) is 1.22. The van der Waals surface area contributed by atoms with Crippen LogP contribution in [0, 0.1) is 0 Å². The maximum atomic E-state index is 5.57. The predicted molar refractivity (Wildman–Crippen MR) is 51.4 cm³/mol. The molecule has 0 amide bonds. The van der Waals surface area contributed by atoms with Crippen molar-refractivity contribution in [3.05, 3.63) is 11.1 Å². The van der Waals surface area contributed by atoms with Gasteiger partial charge >= 0.3 is 0 Å². The molecule has 2 rings (SSSR count). The van der Waals surface area contributed by atoms with Gasteiger partial charge < -0.3 is 10.6 Å². The average Bonchev–Trinajstić information content (AvgIpc) is 2.58. The van der Waals surface area contributed by atoms with Gasteiger partial charge in [-0.05, 0) is 20.0 Å². The number of nitrogens with two attached hydrogens (primary N) is 1. The number of nitrogens with zero attached hydrogens (tertiary/aromatic N) is 2. The van der Waals surface area contributed by atoms with Gasteiger partial charge in [-0.3, -0.25) is 0 Å². The van der Waals surface area contributed by atoms with Gasteiger partial charge in [0.05, 0.1) is 5.69 Å². The predicted octanol–water partition coefficient (Wildman–Crippen LogP) is 1.14. The quantitative estimate of drug-likeness (QED) is 0.710. The Morgan fingerprint density at radius 1 is 1.75 bits per heavy atom. The summed E-state index contributed by atoms with van der Waals surface area (Å²) in [5.74, 6) is 0.614. The largest absolute Gasteiger partial charge is 0.375 e. The highest BCUT2D eigenvalue weighted by atomic mass is 32.1. The van der Waals surface area contributed by atoms with Gasteiger partial charge in [0, 0.05) is 17.8 Å². The van der Waals surface area contributed by atoms with E-state index in [1.54, 1.807) is 11.3 Å². The molecule has 1 aromatic heterocycles. The van der Waals surface area contributed by atoms with E-state index in [0.29, 0.717) is 11.0 Å². The lowest BCUT2D eigenvalue weighted by Crippen LogP contribution is -2.13. The summed E-state index contributed by atoms with van der Waals surface area (Å²) in [6.45, 7) is 2.31. The van der Waals surface area contributed by atoms with E-state index in [1.165, 1.54) is 18.7 Å². The Morgan fingerprint density at radius 2 is 2.58 bits per heavy atom. The van der Waals surface area contributed by atoms with Crippen molar-refractivity contribution in [1.29, 1.82) is 0 Å². The molecule has 1 aliphatic rings. The van der Waals surface area contributed by atoms with Crippen LogP contribution in [0.5, 0.6) is 0 Å². The molecule has 1 atom stereocenters. The van der Waals surface area contributed by atoms with Crippen molar-refractivity contribution >= 4 is 16.5 Å². The molecule has 1 unspecified atom stereocenters. The van der Waals surface area contributed by atoms with Gasteiger partial charge in [-0.1, -0.05) is 0 Å². The Hall–Kier alpha value is -0.610. The molecule has 2 heterocycles. The molecular formula is C8H13N3S. The monoisotopic (exact) mass is 183 g/mol. The molecule has 0 bridgehead atoms. The van der Waals surface area contributed by atoms with E-state index in [0.717, 1.165) is 6.54 Å². The van der Waals surface area contributed by atoms with E-state index in [9.17, 15) is 0 Å². The van der Waals surface area contributed by atoms with Crippen LogP contribution < -0.4 is 5.73 Å². The van der Waals surface area contributed by atoms with Crippen molar-refractivity contribution in [3.8, 4) is 0 Å². The van der Waals surface area contributed by atoms with Gasteiger partial charge in [-0.25, -0.2) is 4.98 Å². The summed E-state index contributed by atoms with van der Waals surface area (Å²) in [5, 5.41) is 2.78. The highest BCUT2D eigenvalue weighted by molar-refractivity contribution is 7.13. The van der Waals surface area contributed by atoms with Crippen LogP contribution in [0.1, 0.15) is 18.0 Å². The number of rotatable bonds is 1. The molecule has 0 radical (unpaired) electrons. The zero-order chi connectivity index (χ0) is 8.55. The number of likely N-dealkylation sites (N-methyl/N-ethyl adjacent to an activating group) is 1. The number of thiazole rings is 1. The molecule has 3 nitrogen and oxygen atoms in total. The van der Waals surface area contributed by atoms with E-state index in [4.69, 9.17) is 5.73 Å². The van der Waals surface area contributed by atoms with Crippen molar-refractivity contribution < 1.29 is 0 Å². The van der Waals surface area contributed by atoms with E-state index >= 15 is 0 Å². The first-order valence-electron chi connectivity index (χ1n) is 4.15. The number of likely N-dealkylation sites (tertiary alicyclic amines) is 1. The molecule has 1 aliphatic heterocycles. The van der Waals surface area contributed by atoms with Crippen molar-refractivity contribution in [1.82, 2.24) is 9.88 Å². The fourth-order valence-corrected chi connectivity index (χ4v) is 2.31. The molecule has 0 saturated carbocycles. The molecule has 0 spiro atoms. The van der Waals surface area contributed by atoms with Crippen LogP contribution in [0.15, 0.2) is 5.38 Å². The van der Waals surface area contributed by atoms with Crippen molar-refractivity contribution in [3.63, 3.8) is 0 Å². The molecular weight excluding hydrogens is 170 g/mol. The van der Waals surface area contributed by atoms with Gasteiger partial charge in [-0.15, -0.1) is 11.3 Å². The average molecular weight is 183 g/mol. The SMILES string of the molecule is CN1CCC(c2csc(N)n2)C1. The highest BCUT2D eigenvalue weighted by Gasteiger charge is 2.22. The molecule has 1 saturated heterocycles. The van der Waals surface area contributed by atoms with E-state index in [-0.39, 0.29) is 0 Å². The highest BCUT2D eigenvalue weighted by Crippen LogP contribution is 2.27. The fourth-order valence-electron chi connectivity index (χ4n) is 1.66. The normalized spacial score (nSPS) is 24.9. The number of hydrogen-bond acceptors (Lipinski definition) is 4. The van der Waals surface area contributed by atoms with Gasteiger partial charge in [0.1, 0.15) is 0 Å². The standard InChI is InChI=1S/C8H13N3S/c1-11-3-2-6(4-11)7-5-12-8(9)10-7/h5-6H,2-4H2,1H3,(H2,9,10). The minimum absolute atomic E-state index is 0.614. The fraction of sp³-hybridized carbons (Fsp3) is 0.625. The Bertz CT molecular complexity index is 271. The summed E-state index contributed by atoms with van der Waals surface area (Å²) in [6, 6.07) is 0. The maximum absolute atomic E-state index is 5.57. The van der Waals surface area contributed by atoms with Crippen LogP contribution in [0.25, 0.3) is 0 Å². The third kappa shape index (κ3) is 1.44. The first-order valence-corrected chi connectivity index (χ1v) is 5.03. The lowest BCUT2D eigenvalue weighted by atomic mass is 10.1. The molecule has 1 aromatic rings. The number of hydrogen-bond donors (Lipinski definition) is 1. The van der Waals surface area contributed by atoms with Gasteiger partial charge in [-0.2, -0.15) is 0 Å². The van der Waals surface area contributed by atoms with Crippen LogP contribution in [-0.4, -0.2) is 30.0 Å². The lowest BCUT2D eigenvalue weighted by Gasteiger charge is -2.06. The second-order valence-electron chi connectivity index (χ2n) is 3.36. The van der Waals surface area contributed by atoms with Crippen LogP contribution in [-0.2, 0) is 0 Å². The number of anilines is 1. The van der Waals surface area contributed by atoms with Crippen LogP contribution >= 0.6 is 11.3 Å². The smallest absolute Gasteiger partial charge is 0.180 e. The van der Waals surface area contributed by atoms with E-state index < -0.39 is 0 Å². The zero-order valence-corrected chi connectivity index (χ0v) is 7.97. The lowest BCUT2D eigenvalue weighted by molar-refractivity contribution is 0.411. The molecule has 66 valence electrons. The van der Waals surface area contributed by atoms with Crippen LogP contribution in [0.3, 0.4) is 0 Å². The summed E-state index contributed by atoms with van der Waals surface area (Å²) in [5.41, 5.74) is 6.76. The summed E-state index contributed by atoms with van der Waals surface area (Å²) < 4.78 is 0. The second kappa shape index (κ2) is 3.03. The Kier molecular flexibility index (Phi) is 2.02. The summed E-state index contributed by atoms with van der Waals surface area (Å²) in [4.78, 5) is 6.63. The third-order valence-electron chi connectivity index (χ3n) is 2.35. The molecule has 4 heteroatoms. The first-order chi connectivity index (χ1) is 5.75. The molecule has 0 aliphatic carbocycles. The maximum Gasteiger partial charge on any atom is 0.180 e. The number of nitrogen functional groups attached to an aromatic ring is 1.